The Hall–Kier alpha value is -1.68. The van der Waals surface area contributed by atoms with E-state index in [1.54, 1.807) is 7.11 Å². The van der Waals surface area contributed by atoms with Gasteiger partial charge >= 0.3 is 0 Å². The van der Waals surface area contributed by atoms with Crippen molar-refractivity contribution in [3.05, 3.63) is 52.5 Å². The number of hydrogen-bond acceptors (Lipinski definition) is 3. The highest BCUT2D eigenvalue weighted by Crippen LogP contribution is 2.34. The van der Waals surface area contributed by atoms with Crippen molar-refractivity contribution >= 4 is 21.6 Å². The van der Waals surface area contributed by atoms with E-state index in [9.17, 15) is 0 Å². The summed E-state index contributed by atoms with van der Waals surface area (Å²) in [5.74, 6) is 2.24. The van der Waals surface area contributed by atoms with E-state index in [0.29, 0.717) is 5.92 Å². The normalized spacial score (nSPS) is 16.4. The minimum atomic E-state index is 0.395. The Morgan fingerprint density at radius 2 is 2.15 bits per heavy atom. The first-order valence-corrected chi connectivity index (χ1v) is 7.36. The minimum Gasteiger partial charge on any atom is -0.496 e. The Balaban J connectivity index is 1.67. The Morgan fingerprint density at radius 1 is 1.30 bits per heavy atom. The summed E-state index contributed by atoms with van der Waals surface area (Å²) in [6, 6.07) is 14.2. The van der Waals surface area contributed by atoms with E-state index in [-0.39, 0.29) is 0 Å². The molecule has 3 nitrogen and oxygen atoms in total. The van der Waals surface area contributed by atoms with Gasteiger partial charge in [-0.1, -0.05) is 18.2 Å². The number of halogens is 1. The molecule has 104 valence electrons. The van der Waals surface area contributed by atoms with E-state index in [0.717, 1.165) is 34.8 Å². The highest BCUT2D eigenvalue weighted by atomic mass is 79.9. The van der Waals surface area contributed by atoms with E-state index < -0.39 is 0 Å². The van der Waals surface area contributed by atoms with Crippen molar-refractivity contribution in [2.45, 2.75) is 5.92 Å². The molecule has 0 aliphatic carbocycles. The van der Waals surface area contributed by atoms with Crippen molar-refractivity contribution in [1.29, 1.82) is 0 Å². The number of para-hydroxylation sites is 1. The van der Waals surface area contributed by atoms with Crippen LogP contribution in [0.1, 0.15) is 11.5 Å². The molecule has 0 saturated heterocycles. The molecule has 0 aromatic heterocycles. The number of anilines is 1. The molecule has 1 heterocycles. The standard InChI is InChI=1S/C16H16BrNO2/c1-19-16-7-6-12(8-14(16)17)18-9-11-10-20-15-5-3-2-4-13(11)15/h2-8,11,18H,9-10H2,1H3. The molecular weight excluding hydrogens is 318 g/mol. The molecule has 20 heavy (non-hydrogen) atoms. The molecule has 1 atom stereocenters. The second-order valence-electron chi connectivity index (χ2n) is 4.78. The van der Waals surface area contributed by atoms with Gasteiger partial charge in [-0.15, -0.1) is 0 Å². The summed E-state index contributed by atoms with van der Waals surface area (Å²) in [6.45, 7) is 1.60. The Kier molecular flexibility index (Phi) is 3.83. The lowest BCUT2D eigenvalue weighted by Gasteiger charge is -2.13. The van der Waals surface area contributed by atoms with Crippen LogP contribution in [0, 0.1) is 0 Å². The van der Waals surface area contributed by atoms with Crippen molar-refractivity contribution < 1.29 is 9.47 Å². The first-order chi connectivity index (χ1) is 9.78. The average molecular weight is 334 g/mol. The van der Waals surface area contributed by atoms with Crippen LogP contribution in [-0.4, -0.2) is 20.3 Å². The predicted molar refractivity (Wildman–Crippen MR) is 83.9 cm³/mol. The summed E-state index contributed by atoms with van der Waals surface area (Å²) in [5, 5.41) is 3.45. The smallest absolute Gasteiger partial charge is 0.133 e. The molecule has 1 N–H and O–H groups in total. The maximum absolute atomic E-state index is 5.69. The van der Waals surface area contributed by atoms with Crippen LogP contribution in [0.4, 0.5) is 5.69 Å². The van der Waals surface area contributed by atoms with Crippen molar-refractivity contribution in [3.8, 4) is 11.5 Å². The molecule has 0 saturated carbocycles. The van der Waals surface area contributed by atoms with Gasteiger partial charge in [0, 0.05) is 23.7 Å². The van der Waals surface area contributed by atoms with Crippen LogP contribution < -0.4 is 14.8 Å². The summed E-state index contributed by atoms with van der Waals surface area (Å²) in [6.07, 6.45) is 0. The van der Waals surface area contributed by atoms with Crippen molar-refractivity contribution in [3.63, 3.8) is 0 Å². The predicted octanol–water partition coefficient (Wildman–Crippen LogP) is 4.05. The molecule has 2 aromatic carbocycles. The van der Waals surface area contributed by atoms with Crippen LogP contribution in [0.25, 0.3) is 0 Å². The summed E-state index contributed by atoms with van der Waals surface area (Å²) in [5.41, 5.74) is 2.36. The number of methoxy groups -OCH3 is 1. The van der Waals surface area contributed by atoms with Gasteiger partial charge in [0.15, 0.2) is 0 Å². The summed E-state index contributed by atoms with van der Waals surface area (Å²) < 4.78 is 11.9. The second kappa shape index (κ2) is 5.75. The van der Waals surface area contributed by atoms with Crippen LogP contribution in [0.15, 0.2) is 46.9 Å². The zero-order chi connectivity index (χ0) is 13.9. The third-order valence-electron chi connectivity index (χ3n) is 3.50. The largest absolute Gasteiger partial charge is 0.496 e. The van der Waals surface area contributed by atoms with Crippen LogP contribution in [-0.2, 0) is 0 Å². The number of benzene rings is 2. The molecule has 4 heteroatoms. The SMILES string of the molecule is COc1ccc(NCC2COc3ccccc32)cc1Br. The van der Waals surface area contributed by atoms with Crippen LogP contribution >= 0.6 is 15.9 Å². The van der Waals surface area contributed by atoms with E-state index >= 15 is 0 Å². The van der Waals surface area contributed by atoms with E-state index in [2.05, 4.69) is 33.4 Å². The molecule has 0 radical (unpaired) electrons. The first-order valence-electron chi connectivity index (χ1n) is 6.57. The first kappa shape index (κ1) is 13.3. The number of nitrogens with one attached hydrogen (secondary N) is 1. The number of ether oxygens (including phenoxy) is 2. The van der Waals surface area contributed by atoms with Crippen molar-refractivity contribution in [2.24, 2.45) is 0 Å². The number of rotatable bonds is 4. The third-order valence-corrected chi connectivity index (χ3v) is 4.12. The fraction of sp³-hybridized carbons (Fsp3) is 0.250. The highest BCUT2D eigenvalue weighted by molar-refractivity contribution is 9.10. The summed E-state index contributed by atoms with van der Waals surface area (Å²) >= 11 is 3.50. The van der Waals surface area contributed by atoms with Gasteiger partial charge in [0.1, 0.15) is 11.5 Å². The topological polar surface area (TPSA) is 30.5 Å². The molecule has 0 fully saturated rings. The quantitative estimate of drug-likeness (QED) is 0.915. The van der Waals surface area contributed by atoms with E-state index in [1.807, 2.05) is 30.3 Å². The van der Waals surface area contributed by atoms with Gasteiger partial charge in [0.2, 0.25) is 0 Å². The van der Waals surface area contributed by atoms with Crippen molar-refractivity contribution in [1.82, 2.24) is 0 Å². The highest BCUT2D eigenvalue weighted by Gasteiger charge is 2.23. The molecule has 0 spiro atoms. The fourth-order valence-electron chi connectivity index (χ4n) is 2.42. The molecule has 0 bridgehead atoms. The lowest BCUT2D eigenvalue weighted by molar-refractivity contribution is 0.334. The van der Waals surface area contributed by atoms with Crippen molar-refractivity contribution in [2.75, 3.05) is 25.6 Å². The zero-order valence-electron chi connectivity index (χ0n) is 11.2. The van der Waals surface area contributed by atoms with Gasteiger partial charge in [-0.05, 0) is 40.2 Å². The second-order valence-corrected chi connectivity index (χ2v) is 5.63. The molecule has 1 unspecified atom stereocenters. The monoisotopic (exact) mass is 333 g/mol. The van der Waals surface area contributed by atoms with Gasteiger partial charge in [0.05, 0.1) is 18.2 Å². The number of fused-ring (bicyclic) bond motifs is 1. The van der Waals surface area contributed by atoms with E-state index in [1.165, 1.54) is 5.56 Å². The summed E-state index contributed by atoms with van der Waals surface area (Å²) in [4.78, 5) is 0. The minimum absolute atomic E-state index is 0.395. The number of hydrogen-bond donors (Lipinski definition) is 1. The third kappa shape index (κ3) is 2.61. The van der Waals surface area contributed by atoms with Crippen LogP contribution in [0.2, 0.25) is 0 Å². The zero-order valence-corrected chi connectivity index (χ0v) is 12.8. The molecular formula is C16H16BrNO2. The maximum Gasteiger partial charge on any atom is 0.133 e. The molecule has 3 rings (SSSR count). The van der Waals surface area contributed by atoms with Crippen LogP contribution in [0.3, 0.4) is 0 Å². The Labute approximate surface area is 127 Å². The van der Waals surface area contributed by atoms with Gasteiger partial charge in [-0.25, -0.2) is 0 Å². The van der Waals surface area contributed by atoms with Crippen LogP contribution in [0.5, 0.6) is 11.5 Å². The Bertz CT molecular complexity index is 615. The summed E-state index contributed by atoms with van der Waals surface area (Å²) in [7, 11) is 1.67. The lowest BCUT2D eigenvalue weighted by atomic mass is 10.0. The van der Waals surface area contributed by atoms with E-state index in [4.69, 9.17) is 9.47 Å². The van der Waals surface area contributed by atoms with Gasteiger partial charge in [0.25, 0.3) is 0 Å². The average Bonchev–Trinajstić information content (AvgIpc) is 2.88. The lowest BCUT2D eigenvalue weighted by Crippen LogP contribution is -2.13. The molecule has 1 aliphatic rings. The Morgan fingerprint density at radius 3 is 2.95 bits per heavy atom. The molecule has 1 aliphatic heterocycles. The van der Waals surface area contributed by atoms with Gasteiger partial charge < -0.3 is 14.8 Å². The van der Waals surface area contributed by atoms with Gasteiger partial charge in [-0.3, -0.25) is 0 Å². The molecule has 0 amide bonds. The van der Waals surface area contributed by atoms with Gasteiger partial charge in [-0.2, -0.15) is 0 Å². The fourth-order valence-corrected chi connectivity index (χ4v) is 2.96. The maximum atomic E-state index is 5.69. The molecule has 2 aromatic rings.